The molecule has 2 rings (SSSR count). The van der Waals surface area contributed by atoms with E-state index in [1.165, 1.54) is 12.8 Å². The second-order valence-corrected chi connectivity index (χ2v) is 5.66. The summed E-state index contributed by atoms with van der Waals surface area (Å²) < 4.78 is 0. The molecule has 0 unspecified atom stereocenters. The van der Waals surface area contributed by atoms with E-state index in [2.05, 4.69) is 12.2 Å². The van der Waals surface area contributed by atoms with E-state index < -0.39 is 0 Å². The molecule has 1 aromatic carbocycles. The fourth-order valence-corrected chi connectivity index (χ4v) is 2.66. The lowest BCUT2D eigenvalue weighted by molar-refractivity contribution is -0.126. The van der Waals surface area contributed by atoms with Crippen molar-refractivity contribution in [2.45, 2.75) is 39.0 Å². The maximum atomic E-state index is 12.0. The fourth-order valence-electron chi connectivity index (χ4n) is 2.66. The third kappa shape index (κ3) is 4.27. The highest BCUT2D eigenvalue weighted by molar-refractivity contribution is 5.78. The molecule has 0 heterocycles. The van der Waals surface area contributed by atoms with Gasteiger partial charge in [-0.25, -0.2) is 0 Å². The van der Waals surface area contributed by atoms with Crippen LogP contribution in [-0.2, 0) is 11.2 Å². The Balaban J connectivity index is 1.70. The van der Waals surface area contributed by atoms with Gasteiger partial charge in [0, 0.05) is 12.5 Å². The molecule has 0 aromatic heterocycles. The van der Waals surface area contributed by atoms with Crippen molar-refractivity contribution in [2.75, 3.05) is 6.54 Å². The second-order valence-electron chi connectivity index (χ2n) is 5.66. The summed E-state index contributed by atoms with van der Waals surface area (Å²) in [6.07, 6.45) is 5.24. The molecule has 1 amide bonds. The monoisotopic (exact) mass is 261 g/mol. The van der Waals surface area contributed by atoms with Crippen LogP contribution < -0.4 is 5.32 Å². The number of phenolic OH excluding ortho intramolecular Hbond substituents is 1. The predicted molar refractivity (Wildman–Crippen MR) is 75.9 cm³/mol. The summed E-state index contributed by atoms with van der Waals surface area (Å²) in [6, 6.07) is 7.15. The van der Waals surface area contributed by atoms with Gasteiger partial charge < -0.3 is 10.4 Å². The molecule has 1 aliphatic rings. The number of rotatable bonds is 4. The van der Waals surface area contributed by atoms with Crippen molar-refractivity contribution in [2.24, 2.45) is 11.8 Å². The van der Waals surface area contributed by atoms with Crippen LogP contribution in [0.15, 0.2) is 24.3 Å². The topological polar surface area (TPSA) is 49.3 Å². The van der Waals surface area contributed by atoms with Crippen LogP contribution in [0.5, 0.6) is 5.75 Å². The molecule has 0 atom stereocenters. The van der Waals surface area contributed by atoms with Crippen LogP contribution in [0.2, 0.25) is 0 Å². The molecule has 19 heavy (non-hydrogen) atoms. The lowest BCUT2D eigenvalue weighted by Gasteiger charge is -2.25. The van der Waals surface area contributed by atoms with Gasteiger partial charge >= 0.3 is 0 Å². The molecule has 3 nitrogen and oxygen atoms in total. The van der Waals surface area contributed by atoms with Gasteiger partial charge in [-0.15, -0.1) is 0 Å². The number of hydrogen-bond donors (Lipinski definition) is 2. The molecular formula is C16H23NO2. The summed E-state index contributed by atoms with van der Waals surface area (Å²) >= 11 is 0. The van der Waals surface area contributed by atoms with Gasteiger partial charge in [-0.2, -0.15) is 0 Å². The van der Waals surface area contributed by atoms with Crippen molar-refractivity contribution in [1.29, 1.82) is 0 Å². The summed E-state index contributed by atoms with van der Waals surface area (Å²) in [5.74, 6) is 1.49. The van der Waals surface area contributed by atoms with E-state index in [0.717, 1.165) is 30.7 Å². The first-order valence-corrected chi connectivity index (χ1v) is 7.21. The number of carbonyl (C=O) groups is 1. The Labute approximate surface area is 115 Å². The molecule has 1 aromatic rings. The largest absolute Gasteiger partial charge is 0.508 e. The quantitative estimate of drug-likeness (QED) is 0.875. The first-order chi connectivity index (χ1) is 9.15. The molecule has 0 saturated heterocycles. The summed E-state index contributed by atoms with van der Waals surface area (Å²) in [6.45, 7) is 2.94. The van der Waals surface area contributed by atoms with Crippen molar-refractivity contribution in [3.63, 3.8) is 0 Å². The lowest BCUT2D eigenvalue weighted by Crippen LogP contribution is -2.34. The van der Waals surface area contributed by atoms with E-state index in [1.807, 2.05) is 12.1 Å². The minimum absolute atomic E-state index is 0.214. The molecule has 1 saturated carbocycles. The molecule has 3 heteroatoms. The van der Waals surface area contributed by atoms with Gasteiger partial charge in [-0.05, 0) is 55.7 Å². The van der Waals surface area contributed by atoms with Crippen LogP contribution in [0.25, 0.3) is 0 Å². The van der Waals surface area contributed by atoms with Gasteiger partial charge in [0.15, 0.2) is 0 Å². The summed E-state index contributed by atoms with van der Waals surface area (Å²) in [5.41, 5.74) is 1.13. The molecule has 0 bridgehead atoms. The van der Waals surface area contributed by atoms with Crippen molar-refractivity contribution in [3.05, 3.63) is 29.8 Å². The Morgan fingerprint density at radius 1 is 1.21 bits per heavy atom. The summed E-state index contributed by atoms with van der Waals surface area (Å²) in [5, 5.41) is 12.2. The Kier molecular flexibility index (Phi) is 4.83. The first kappa shape index (κ1) is 13.9. The van der Waals surface area contributed by atoms with E-state index in [0.29, 0.717) is 6.54 Å². The Morgan fingerprint density at radius 3 is 2.47 bits per heavy atom. The number of amides is 1. The maximum absolute atomic E-state index is 12.0. The normalized spacial score (nSPS) is 23.0. The number of hydrogen-bond acceptors (Lipinski definition) is 2. The van der Waals surface area contributed by atoms with Crippen LogP contribution in [-0.4, -0.2) is 17.6 Å². The number of aromatic hydroxyl groups is 1. The molecule has 2 N–H and O–H groups in total. The molecule has 104 valence electrons. The average molecular weight is 261 g/mol. The zero-order chi connectivity index (χ0) is 13.7. The van der Waals surface area contributed by atoms with Crippen molar-refractivity contribution >= 4 is 5.91 Å². The highest BCUT2D eigenvalue weighted by Gasteiger charge is 2.23. The van der Waals surface area contributed by atoms with Gasteiger partial charge in [0.05, 0.1) is 0 Å². The van der Waals surface area contributed by atoms with Gasteiger partial charge in [-0.1, -0.05) is 19.1 Å². The third-order valence-corrected chi connectivity index (χ3v) is 4.04. The zero-order valence-corrected chi connectivity index (χ0v) is 11.6. The molecule has 0 aliphatic heterocycles. The van der Waals surface area contributed by atoms with Crippen molar-refractivity contribution < 1.29 is 9.90 Å². The Hall–Kier alpha value is -1.51. The van der Waals surface area contributed by atoms with Crippen LogP contribution in [0.3, 0.4) is 0 Å². The van der Waals surface area contributed by atoms with E-state index >= 15 is 0 Å². The molecular weight excluding hydrogens is 238 g/mol. The number of carbonyl (C=O) groups excluding carboxylic acids is 1. The van der Waals surface area contributed by atoms with Gasteiger partial charge in [0.1, 0.15) is 5.75 Å². The molecule has 1 aliphatic carbocycles. The Bertz CT molecular complexity index is 405. The lowest BCUT2D eigenvalue weighted by atomic mass is 9.82. The fraction of sp³-hybridized carbons (Fsp3) is 0.562. The SMILES string of the molecule is CC1CCC(C(=O)NCCc2ccc(O)cc2)CC1. The van der Waals surface area contributed by atoms with E-state index in [1.54, 1.807) is 12.1 Å². The number of benzene rings is 1. The van der Waals surface area contributed by atoms with Crippen LogP contribution in [0, 0.1) is 11.8 Å². The Morgan fingerprint density at radius 2 is 1.84 bits per heavy atom. The number of phenols is 1. The third-order valence-electron chi connectivity index (χ3n) is 4.04. The highest BCUT2D eigenvalue weighted by Crippen LogP contribution is 2.28. The van der Waals surface area contributed by atoms with E-state index in [4.69, 9.17) is 0 Å². The van der Waals surface area contributed by atoms with Crippen molar-refractivity contribution in [1.82, 2.24) is 5.32 Å². The predicted octanol–water partition coefficient (Wildman–Crippen LogP) is 2.88. The molecule has 0 spiro atoms. The maximum Gasteiger partial charge on any atom is 0.223 e. The minimum Gasteiger partial charge on any atom is -0.508 e. The molecule has 0 radical (unpaired) electrons. The van der Waals surface area contributed by atoms with Crippen LogP contribution in [0.1, 0.15) is 38.2 Å². The van der Waals surface area contributed by atoms with E-state index in [-0.39, 0.29) is 17.6 Å². The first-order valence-electron chi connectivity index (χ1n) is 7.21. The van der Waals surface area contributed by atoms with Gasteiger partial charge in [0.2, 0.25) is 5.91 Å². The smallest absolute Gasteiger partial charge is 0.223 e. The summed E-state index contributed by atoms with van der Waals surface area (Å²) in [7, 11) is 0. The number of nitrogens with one attached hydrogen (secondary N) is 1. The zero-order valence-electron chi connectivity index (χ0n) is 11.6. The second kappa shape index (κ2) is 6.60. The standard InChI is InChI=1S/C16H23NO2/c1-12-2-6-14(7-3-12)16(19)17-11-10-13-4-8-15(18)9-5-13/h4-5,8-9,12,14,18H,2-3,6-7,10-11H2,1H3,(H,17,19). The van der Waals surface area contributed by atoms with Gasteiger partial charge in [0.25, 0.3) is 0 Å². The average Bonchev–Trinajstić information content (AvgIpc) is 2.41. The highest BCUT2D eigenvalue weighted by atomic mass is 16.3. The van der Waals surface area contributed by atoms with E-state index in [9.17, 15) is 9.90 Å². The minimum atomic E-state index is 0.214. The van der Waals surface area contributed by atoms with Crippen LogP contribution >= 0.6 is 0 Å². The van der Waals surface area contributed by atoms with Crippen LogP contribution in [0.4, 0.5) is 0 Å². The van der Waals surface area contributed by atoms with Crippen molar-refractivity contribution in [3.8, 4) is 5.75 Å². The van der Waals surface area contributed by atoms with Gasteiger partial charge in [-0.3, -0.25) is 4.79 Å². The summed E-state index contributed by atoms with van der Waals surface area (Å²) in [4.78, 5) is 12.0. The molecule has 1 fully saturated rings.